The number of para-hydroxylation sites is 1. The molecule has 0 radical (unpaired) electrons. The normalized spacial score (nSPS) is 11.7. The van der Waals surface area contributed by atoms with Gasteiger partial charge in [-0.2, -0.15) is 0 Å². The van der Waals surface area contributed by atoms with E-state index >= 15 is 0 Å². The Labute approximate surface area is 190 Å². The number of hydrogen-bond donors (Lipinski definition) is 2. The molecule has 166 valence electrons. The maximum absolute atomic E-state index is 13.3. The molecular formula is C24H26N4O3S. The maximum Gasteiger partial charge on any atom is 0.321 e. The van der Waals surface area contributed by atoms with Crippen molar-refractivity contribution in [3.05, 3.63) is 77.1 Å². The summed E-state index contributed by atoms with van der Waals surface area (Å²) in [6.45, 7) is 8.05. The van der Waals surface area contributed by atoms with Crippen molar-refractivity contribution in [3.8, 4) is 5.69 Å². The number of nitrogens with one attached hydrogen (secondary N) is 2. The molecule has 2 N–H and O–H groups in total. The molecule has 7 nitrogen and oxygen atoms in total. The molecule has 1 aromatic heterocycles. The fourth-order valence-electron chi connectivity index (χ4n) is 3.13. The van der Waals surface area contributed by atoms with Gasteiger partial charge >= 0.3 is 6.03 Å². The average Bonchev–Trinajstić information content (AvgIpc) is 2.81. The van der Waals surface area contributed by atoms with Gasteiger partial charge in [-0.3, -0.25) is 19.5 Å². The van der Waals surface area contributed by atoms with Gasteiger partial charge in [0.15, 0.2) is 5.16 Å². The van der Waals surface area contributed by atoms with E-state index in [-0.39, 0.29) is 17.9 Å². The zero-order valence-electron chi connectivity index (χ0n) is 18.1. The van der Waals surface area contributed by atoms with Crippen molar-refractivity contribution in [2.75, 3.05) is 12.3 Å². The van der Waals surface area contributed by atoms with Crippen LogP contribution in [-0.4, -0.2) is 33.8 Å². The number of urea groups is 1. The second-order valence-electron chi connectivity index (χ2n) is 7.29. The van der Waals surface area contributed by atoms with Crippen LogP contribution < -0.4 is 16.2 Å². The van der Waals surface area contributed by atoms with E-state index in [2.05, 4.69) is 36.0 Å². The van der Waals surface area contributed by atoms with Gasteiger partial charge in [-0.25, -0.2) is 9.78 Å². The summed E-state index contributed by atoms with van der Waals surface area (Å²) in [4.78, 5) is 41.8. The first-order valence-electron chi connectivity index (χ1n) is 10.4. The van der Waals surface area contributed by atoms with Crippen LogP contribution in [0.2, 0.25) is 0 Å². The largest absolute Gasteiger partial charge is 0.334 e. The van der Waals surface area contributed by atoms with Crippen LogP contribution in [0.3, 0.4) is 0 Å². The number of benzene rings is 2. The van der Waals surface area contributed by atoms with E-state index in [1.807, 2.05) is 30.3 Å². The van der Waals surface area contributed by atoms with Gasteiger partial charge in [-0.05, 0) is 42.2 Å². The zero-order valence-corrected chi connectivity index (χ0v) is 18.9. The lowest BCUT2D eigenvalue weighted by Gasteiger charge is -2.15. The second kappa shape index (κ2) is 10.8. The van der Waals surface area contributed by atoms with Crippen LogP contribution in [0.5, 0.6) is 0 Å². The monoisotopic (exact) mass is 450 g/mol. The molecule has 0 aliphatic heterocycles. The Morgan fingerprint density at radius 3 is 2.59 bits per heavy atom. The Morgan fingerprint density at radius 1 is 1.19 bits per heavy atom. The molecule has 1 atom stereocenters. The summed E-state index contributed by atoms with van der Waals surface area (Å²) in [5.74, 6) is -0.144. The molecule has 0 spiro atoms. The van der Waals surface area contributed by atoms with E-state index in [4.69, 9.17) is 0 Å². The lowest BCUT2D eigenvalue weighted by Crippen LogP contribution is -2.40. The van der Waals surface area contributed by atoms with Crippen molar-refractivity contribution < 1.29 is 9.59 Å². The molecule has 3 rings (SSSR count). The summed E-state index contributed by atoms with van der Waals surface area (Å²) in [5.41, 5.74) is 2.21. The number of thioether (sulfide) groups is 1. The molecule has 0 saturated heterocycles. The summed E-state index contributed by atoms with van der Waals surface area (Å²) >= 11 is 1.10. The Kier molecular flexibility index (Phi) is 7.83. The minimum Gasteiger partial charge on any atom is -0.334 e. The van der Waals surface area contributed by atoms with Gasteiger partial charge in [0.25, 0.3) is 5.56 Å². The summed E-state index contributed by atoms with van der Waals surface area (Å²) in [6.07, 6.45) is 2.54. The smallest absolute Gasteiger partial charge is 0.321 e. The molecular weight excluding hydrogens is 424 g/mol. The molecule has 1 heterocycles. The number of amides is 3. The van der Waals surface area contributed by atoms with E-state index in [1.165, 1.54) is 16.2 Å². The first kappa shape index (κ1) is 23.3. The first-order valence-corrected chi connectivity index (χ1v) is 11.4. The summed E-state index contributed by atoms with van der Waals surface area (Å²) in [5, 5.41) is 5.61. The highest BCUT2D eigenvalue weighted by Gasteiger charge is 2.16. The van der Waals surface area contributed by atoms with E-state index in [9.17, 15) is 14.4 Å². The van der Waals surface area contributed by atoms with Crippen molar-refractivity contribution in [2.45, 2.75) is 31.3 Å². The minimum absolute atomic E-state index is 0.0722. The van der Waals surface area contributed by atoms with Crippen LogP contribution >= 0.6 is 11.8 Å². The predicted octanol–water partition coefficient (Wildman–Crippen LogP) is 4.00. The number of carbonyl (C=O) groups excluding carboxylic acids is 2. The molecule has 8 heteroatoms. The standard InChI is InChI=1S/C24H26N4O3S/c1-4-14-25-23(31)27-21(29)15-32-24-26-20-9-7-6-8-19(20)22(30)28(24)18-12-10-17(11-13-18)16(3)5-2/h4,6-13,16H,1,5,14-15H2,2-3H3,(H2,25,27,29,31). The Balaban J connectivity index is 1.93. The van der Waals surface area contributed by atoms with Gasteiger partial charge in [0.05, 0.1) is 22.3 Å². The SMILES string of the molecule is C=CCNC(=O)NC(=O)CSc1nc2ccccc2c(=O)n1-c1ccc(C(C)CC)cc1. The zero-order chi connectivity index (χ0) is 23.1. The van der Waals surface area contributed by atoms with E-state index < -0.39 is 11.9 Å². The number of imide groups is 1. The lowest BCUT2D eigenvalue weighted by atomic mass is 9.98. The van der Waals surface area contributed by atoms with Crippen molar-refractivity contribution in [3.63, 3.8) is 0 Å². The molecule has 0 saturated carbocycles. The fourth-order valence-corrected chi connectivity index (χ4v) is 3.94. The summed E-state index contributed by atoms with van der Waals surface area (Å²) in [6, 6.07) is 14.3. The topological polar surface area (TPSA) is 93.1 Å². The number of hydrogen-bond acceptors (Lipinski definition) is 5. The molecule has 0 aliphatic rings. The first-order chi connectivity index (χ1) is 15.4. The molecule has 0 bridgehead atoms. The van der Waals surface area contributed by atoms with Crippen LogP contribution in [0.4, 0.5) is 4.79 Å². The minimum atomic E-state index is -0.597. The van der Waals surface area contributed by atoms with Crippen molar-refractivity contribution in [2.24, 2.45) is 0 Å². The molecule has 3 amide bonds. The third-order valence-corrected chi connectivity index (χ3v) is 6.01. The van der Waals surface area contributed by atoms with Crippen molar-refractivity contribution >= 4 is 34.6 Å². The van der Waals surface area contributed by atoms with Gasteiger partial charge in [0, 0.05) is 6.54 Å². The molecule has 3 aromatic rings. The van der Waals surface area contributed by atoms with Crippen molar-refractivity contribution in [1.82, 2.24) is 20.2 Å². The Morgan fingerprint density at radius 2 is 1.91 bits per heavy atom. The van der Waals surface area contributed by atoms with Crippen LogP contribution in [0.1, 0.15) is 31.7 Å². The van der Waals surface area contributed by atoms with Crippen LogP contribution in [0.15, 0.2) is 71.1 Å². The van der Waals surface area contributed by atoms with E-state index in [1.54, 1.807) is 18.2 Å². The Bertz CT molecular complexity index is 1190. The average molecular weight is 451 g/mol. The number of aromatic nitrogens is 2. The maximum atomic E-state index is 13.3. The van der Waals surface area contributed by atoms with Gasteiger partial charge < -0.3 is 5.32 Å². The second-order valence-corrected chi connectivity index (χ2v) is 8.23. The highest BCUT2D eigenvalue weighted by molar-refractivity contribution is 7.99. The van der Waals surface area contributed by atoms with Crippen LogP contribution in [0.25, 0.3) is 16.6 Å². The highest BCUT2D eigenvalue weighted by atomic mass is 32.2. The van der Waals surface area contributed by atoms with Gasteiger partial charge in [0.1, 0.15) is 0 Å². The highest BCUT2D eigenvalue weighted by Crippen LogP contribution is 2.24. The van der Waals surface area contributed by atoms with Crippen LogP contribution in [-0.2, 0) is 4.79 Å². The van der Waals surface area contributed by atoms with Gasteiger partial charge in [-0.15, -0.1) is 6.58 Å². The number of rotatable bonds is 8. The number of carbonyl (C=O) groups is 2. The molecule has 2 aromatic carbocycles. The third-order valence-electron chi connectivity index (χ3n) is 5.07. The Hall–Kier alpha value is -3.39. The lowest BCUT2D eigenvalue weighted by molar-refractivity contribution is -0.117. The van der Waals surface area contributed by atoms with Crippen molar-refractivity contribution in [1.29, 1.82) is 0 Å². The molecule has 32 heavy (non-hydrogen) atoms. The van der Waals surface area contributed by atoms with Gasteiger partial charge in [-0.1, -0.05) is 56.0 Å². The third kappa shape index (κ3) is 5.45. The molecule has 1 unspecified atom stereocenters. The van der Waals surface area contributed by atoms with Crippen LogP contribution in [0, 0.1) is 0 Å². The quantitative estimate of drug-likeness (QED) is 0.307. The predicted molar refractivity (Wildman–Crippen MR) is 129 cm³/mol. The number of fused-ring (bicyclic) bond motifs is 1. The molecule has 0 aliphatic carbocycles. The fraction of sp³-hybridized carbons (Fsp3) is 0.250. The summed E-state index contributed by atoms with van der Waals surface area (Å²) in [7, 11) is 0. The number of nitrogens with zero attached hydrogens (tertiary/aromatic N) is 2. The van der Waals surface area contributed by atoms with Gasteiger partial charge in [0.2, 0.25) is 5.91 Å². The van der Waals surface area contributed by atoms with E-state index in [0.717, 1.165) is 18.2 Å². The van der Waals surface area contributed by atoms with E-state index in [0.29, 0.717) is 27.7 Å². The molecule has 0 fully saturated rings. The summed E-state index contributed by atoms with van der Waals surface area (Å²) < 4.78 is 1.51.